The molecule has 33 heavy (non-hydrogen) atoms. The number of nitrogens with zero attached hydrogens (tertiary/aromatic N) is 2. The molecule has 1 heterocycles. The minimum Gasteiger partial charge on any atom is -0.487 e. The summed E-state index contributed by atoms with van der Waals surface area (Å²) in [4.78, 5) is 17.5. The van der Waals surface area contributed by atoms with Crippen molar-refractivity contribution in [2.45, 2.75) is 6.61 Å². The van der Waals surface area contributed by atoms with Gasteiger partial charge in [-0.3, -0.25) is 9.69 Å². The second-order valence-corrected chi connectivity index (χ2v) is 11.6. The van der Waals surface area contributed by atoms with Crippen molar-refractivity contribution < 1.29 is 9.53 Å². The number of rotatable bonds is 6. The van der Waals surface area contributed by atoms with Gasteiger partial charge in [-0.15, -0.1) is 0 Å². The van der Waals surface area contributed by atoms with Crippen LogP contribution in [-0.4, -0.2) is 24.3 Å². The fraction of sp³-hybridized carbons (Fsp3) is 0.120. The topological polar surface area (TPSA) is 32.8 Å². The van der Waals surface area contributed by atoms with E-state index in [1.807, 2.05) is 85.7 Å². The van der Waals surface area contributed by atoms with Gasteiger partial charge in [0.25, 0.3) is 5.91 Å². The molecule has 1 fully saturated rings. The van der Waals surface area contributed by atoms with Crippen molar-refractivity contribution in [3.63, 3.8) is 0 Å². The summed E-state index contributed by atoms with van der Waals surface area (Å²) in [5.41, 5.74) is 3.79. The second kappa shape index (κ2) is 10.7. The summed E-state index contributed by atoms with van der Waals surface area (Å²) < 4.78 is 8.80. The van der Waals surface area contributed by atoms with Crippen molar-refractivity contribution in [3.05, 3.63) is 89.9 Å². The molecule has 168 valence electrons. The van der Waals surface area contributed by atoms with Crippen LogP contribution in [0.15, 0.2) is 71.6 Å². The Kier molecular flexibility index (Phi) is 7.98. The number of hydrogen-bond donors (Lipinski definition) is 0. The van der Waals surface area contributed by atoms with Crippen LogP contribution in [0.2, 0.25) is 0 Å². The van der Waals surface area contributed by atoms with E-state index in [-0.39, 0.29) is 5.91 Å². The van der Waals surface area contributed by atoms with Crippen LogP contribution in [-0.2, 0) is 11.4 Å². The Morgan fingerprint density at radius 2 is 1.76 bits per heavy atom. The smallest absolute Gasteiger partial charge is 0.270 e. The third-order valence-electron chi connectivity index (χ3n) is 4.97. The third-order valence-corrected chi connectivity index (χ3v) is 7.69. The van der Waals surface area contributed by atoms with Crippen LogP contribution in [0.1, 0.15) is 11.1 Å². The van der Waals surface area contributed by atoms with Gasteiger partial charge in [-0.1, -0.05) is 54.3 Å². The van der Waals surface area contributed by atoms with Crippen LogP contribution in [0.25, 0.3) is 6.08 Å². The largest absolute Gasteiger partial charge is 0.487 e. The molecular formula is C25H20I2N2O2S2. The molecule has 4 rings (SSSR count). The van der Waals surface area contributed by atoms with Crippen LogP contribution in [0.4, 0.5) is 11.4 Å². The number of carbonyl (C=O) groups is 1. The molecule has 3 aromatic rings. The predicted molar refractivity (Wildman–Crippen MR) is 159 cm³/mol. The predicted octanol–water partition coefficient (Wildman–Crippen LogP) is 6.95. The normalized spacial score (nSPS) is 14.8. The minimum absolute atomic E-state index is 0.120. The number of benzene rings is 3. The second-order valence-electron chi connectivity index (χ2n) is 7.51. The van der Waals surface area contributed by atoms with E-state index in [2.05, 4.69) is 51.2 Å². The highest BCUT2D eigenvalue weighted by molar-refractivity contribution is 14.1. The monoisotopic (exact) mass is 698 g/mol. The van der Waals surface area contributed by atoms with E-state index >= 15 is 0 Å². The Morgan fingerprint density at radius 1 is 1.06 bits per heavy atom. The van der Waals surface area contributed by atoms with E-state index in [1.54, 1.807) is 4.90 Å². The van der Waals surface area contributed by atoms with E-state index in [0.717, 1.165) is 35.4 Å². The number of amides is 1. The lowest BCUT2D eigenvalue weighted by atomic mass is 10.1. The zero-order valence-electron chi connectivity index (χ0n) is 17.9. The fourth-order valence-electron chi connectivity index (χ4n) is 3.30. The van der Waals surface area contributed by atoms with Gasteiger partial charge in [-0.2, -0.15) is 0 Å². The van der Waals surface area contributed by atoms with Crippen molar-refractivity contribution in [2.24, 2.45) is 0 Å². The maximum absolute atomic E-state index is 13.3. The molecule has 1 amide bonds. The molecule has 0 unspecified atom stereocenters. The molecule has 0 aromatic heterocycles. The van der Waals surface area contributed by atoms with Crippen LogP contribution in [0.3, 0.4) is 0 Å². The summed E-state index contributed by atoms with van der Waals surface area (Å²) in [7, 11) is 3.97. The number of anilines is 2. The van der Waals surface area contributed by atoms with E-state index in [0.29, 0.717) is 15.8 Å². The number of carbonyl (C=O) groups excluding carboxylic acids is 1. The Labute approximate surface area is 230 Å². The van der Waals surface area contributed by atoms with Gasteiger partial charge in [0.2, 0.25) is 0 Å². The lowest BCUT2D eigenvalue weighted by Gasteiger charge is -2.17. The molecule has 0 aliphatic carbocycles. The maximum atomic E-state index is 13.3. The molecule has 0 N–H and O–H groups in total. The molecule has 0 saturated carbocycles. The number of halogens is 2. The maximum Gasteiger partial charge on any atom is 0.270 e. The van der Waals surface area contributed by atoms with E-state index < -0.39 is 0 Å². The summed E-state index contributed by atoms with van der Waals surface area (Å²) in [6, 6.07) is 21.9. The highest BCUT2D eigenvalue weighted by Crippen LogP contribution is 2.39. The number of thiocarbonyl (C=S) groups is 1. The molecule has 1 aliphatic heterocycles. The Bertz CT molecular complexity index is 1230. The lowest BCUT2D eigenvalue weighted by Crippen LogP contribution is -2.27. The molecule has 0 spiro atoms. The first-order valence-corrected chi connectivity index (χ1v) is 13.4. The fourth-order valence-corrected chi connectivity index (χ4v) is 6.64. The first-order chi connectivity index (χ1) is 15.8. The molecule has 3 aromatic carbocycles. The SMILES string of the molecule is CN(C)c1ccc(N2C(=O)/C(=C\c3cc(I)cc(I)c3OCc3ccccc3)SC2=S)cc1. The van der Waals surface area contributed by atoms with Crippen molar-refractivity contribution in [1.29, 1.82) is 0 Å². The van der Waals surface area contributed by atoms with Gasteiger partial charge >= 0.3 is 0 Å². The quantitative estimate of drug-likeness (QED) is 0.158. The van der Waals surface area contributed by atoms with E-state index in [1.165, 1.54) is 11.8 Å². The molecule has 0 atom stereocenters. The summed E-state index contributed by atoms with van der Waals surface area (Å²) in [5, 5.41) is 0. The van der Waals surface area contributed by atoms with Gasteiger partial charge in [0.15, 0.2) is 4.32 Å². The van der Waals surface area contributed by atoms with Crippen molar-refractivity contribution >= 4 is 96.8 Å². The van der Waals surface area contributed by atoms with Gasteiger partial charge in [0, 0.05) is 28.9 Å². The van der Waals surface area contributed by atoms with E-state index in [4.69, 9.17) is 17.0 Å². The van der Waals surface area contributed by atoms with Crippen LogP contribution in [0, 0.1) is 7.14 Å². The van der Waals surface area contributed by atoms with E-state index in [9.17, 15) is 4.79 Å². The lowest BCUT2D eigenvalue weighted by molar-refractivity contribution is -0.113. The summed E-state index contributed by atoms with van der Waals surface area (Å²) in [5.74, 6) is 0.644. The van der Waals surface area contributed by atoms with Crippen molar-refractivity contribution in [1.82, 2.24) is 0 Å². The minimum atomic E-state index is -0.120. The van der Waals surface area contributed by atoms with Crippen molar-refractivity contribution in [2.75, 3.05) is 23.9 Å². The Morgan fingerprint density at radius 3 is 2.42 bits per heavy atom. The summed E-state index contributed by atoms with van der Waals surface area (Å²) in [6.07, 6.45) is 1.89. The van der Waals surface area contributed by atoms with Gasteiger partial charge in [-0.25, -0.2) is 0 Å². The van der Waals surface area contributed by atoms with Gasteiger partial charge in [0.1, 0.15) is 12.4 Å². The molecule has 8 heteroatoms. The molecule has 0 radical (unpaired) electrons. The molecule has 0 bridgehead atoms. The third kappa shape index (κ3) is 5.72. The molecule has 1 aliphatic rings. The zero-order chi connectivity index (χ0) is 23.5. The number of hydrogen-bond acceptors (Lipinski definition) is 5. The van der Waals surface area contributed by atoms with Crippen LogP contribution in [0.5, 0.6) is 5.75 Å². The Balaban J connectivity index is 1.63. The highest BCUT2D eigenvalue weighted by Gasteiger charge is 2.33. The summed E-state index contributed by atoms with van der Waals surface area (Å²) in [6.45, 7) is 0.456. The highest BCUT2D eigenvalue weighted by atomic mass is 127. The van der Waals surface area contributed by atoms with Gasteiger partial charge in [0.05, 0.1) is 14.2 Å². The number of thioether (sulfide) groups is 1. The summed E-state index contributed by atoms with van der Waals surface area (Å²) >= 11 is 11.4. The average Bonchev–Trinajstić information content (AvgIpc) is 3.06. The molecular weight excluding hydrogens is 678 g/mol. The first-order valence-electron chi connectivity index (χ1n) is 10.0. The molecule has 1 saturated heterocycles. The first kappa shape index (κ1) is 24.5. The van der Waals surface area contributed by atoms with Gasteiger partial charge < -0.3 is 9.64 Å². The van der Waals surface area contributed by atoms with Crippen LogP contribution >= 0.6 is 69.2 Å². The van der Waals surface area contributed by atoms with Crippen molar-refractivity contribution in [3.8, 4) is 5.75 Å². The Hall–Kier alpha value is -1.63. The standard InChI is InChI=1S/C25H20I2N2O2S2/c1-28(2)19-8-10-20(11-9-19)29-24(30)22(33-25(29)32)13-17-12-18(26)14-21(27)23(17)31-15-16-6-4-3-5-7-16/h3-14H,15H2,1-2H3/b22-13+. The van der Waals surface area contributed by atoms with Gasteiger partial charge in [-0.05, 0) is 93.2 Å². The number of ether oxygens (including phenoxy) is 1. The zero-order valence-corrected chi connectivity index (χ0v) is 23.9. The molecule has 4 nitrogen and oxygen atoms in total. The van der Waals surface area contributed by atoms with Crippen LogP contribution < -0.4 is 14.5 Å². The average molecular weight is 698 g/mol.